The van der Waals surface area contributed by atoms with Gasteiger partial charge in [0, 0.05) is 40.7 Å². The molecule has 0 radical (unpaired) electrons. The lowest BCUT2D eigenvalue weighted by Crippen LogP contribution is -2.53. The molecule has 1 amide bonds. The van der Waals surface area contributed by atoms with Gasteiger partial charge in [0.1, 0.15) is 6.10 Å². The van der Waals surface area contributed by atoms with Gasteiger partial charge < -0.3 is 24.9 Å². The Morgan fingerprint density at radius 2 is 1.69 bits per heavy atom. The first-order valence-electron chi connectivity index (χ1n) is 18.5. The Labute approximate surface area is 288 Å². The van der Waals surface area contributed by atoms with Crippen molar-refractivity contribution in [2.45, 2.75) is 148 Å². The fourth-order valence-corrected chi connectivity index (χ4v) is 7.67. The summed E-state index contributed by atoms with van der Waals surface area (Å²) in [6, 6.07) is 12.0. The van der Waals surface area contributed by atoms with E-state index in [0.29, 0.717) is 24.3 Å². The number of amides is 1. The summed E-state index contributed by atoms with van der Waals surface area (Å²) < 4.78 is 12.0. The van der Waals surface area contributed by atoms with Gasteiger partial charge in [-0.1, -0.05) is 102 Å². The summed E-state index contributed by atoms with van der Waals surface area (Å²) in [7, 11) is 0. The van der Waals surface area contributed by atoms with E-state index in [1.54, 1.807) is 12.3 Å². The van der Waals surface area contributed by atoms with Crippen molar-refractivity contribution >= 4 is 17.7 Å². The molecule has 8 heteroatoms. The van der Waals surface area contributed by atoms with Crippen LogP contribution in [0.5, 0.6) is 0 Å². The molecule has 0 bridgehead atoms. The van der Waals surface area contributed by atoms with Gasteiger partial charge in [0.05, 0.1) is 13.0 Å². The molecule has 0 spiro atoms. The van der Waals surface area contributed by atoms with Gasteiger partial charge in [0.2, 0.25) is 5.91 Å². The normalized spacial score (nSPS) is 23.2. The van der Waals surface area contributed by atoms with E-state index in [-0.39, 0.29) is 41.9 Å². The zero-order valence-corrected chi connectivity index (χ0v) is 30.0. The van der Waals surface area contributed by atoms with Gasteiger partial charge in [-0.05, 0) is 63.5 Å². The monoisotopic (exact) mass is 664 g/mol. The summed E-state index contributed by atoms with van der Waals surface area (Å²) in [6.07, 6.45) is 14.3. The highest BCUT2D eigenvalue weighted by Gasteiger charge is 2.47. The van der Waals surface area contributed by atoms with E-state index in [0.717, 1.165) is 44.9 Å². The molecule has 2 aliphatic rings. The second-order valence-electron chi connectivity index (χ2n) is 15.5. The molecule has 1 saturated heterocycles. The Morgan fingerprint density at radius 1 is 0.979 bits per heavy atom. The number of Topliss-reactive ketones (excluding diaryl/α,β-unsaturated/α-hetero) is 1. The third-order valence-corrected chi connectivity index (χ3v) is 10.4. The molecule has 8 nitrogen and oxygen atoms in total. The number of aliphatic carboxylic acids is 1. The van der Waals surface area contributed by atoms with Crippen LogP contribution in [0.2, 0.25) is 0 Å². The number of hydrogen-bond donors (Lipinski definition) is 3. The number of ketones is 1. The molecule has 1 aromatic carbocycles. The van der Waals surface area contributed by atoms with Crippen molar-refractivity contribution in [3.05, 3.63) is 59.4 Å². The van der Waals surface area contributed by atoms with Crippen LogP contribution >= 0.6 is 0 Å². The van der Waals surface area contributed by atoms with Crippen LogP contribution in [0, 0.1) is 17.3 Å². The molecule has 3 N–H and O–H groups in total. The average Bonchev–Trinajstić information content (AvgIpc) is 3.54. The molecule has 5 atom stereocenters. The number of carbonyl (C=O) groups excluding carboxylic acids is 2. The van der Waals surface area contributed by atoms with Crippen molar-refractivity contribution in [2.75, 3.05) is 6.61 Å². The predicted octanol–water partition coefficient (Wildman–Crippen LogP) is 8.61. The van der Waals surface area contributed by atoms with Crippen LogP contribution in [0.15, 0.2) is 42.6 Å². The summed E-state index contributed by atoms with van der Waals surface area (Å²) in [5, 5.41) is 13.4. The lowest BCUT2D eigenvalue weighted by atomic mass is 9.73. The van der Waals surface area contributed by atoms with Crippen molar-refractivity contribution in [2.24, 2.45) is 17.3 Å². The minimum Gasteiger partial charge on any atom is -0.481 e. The Morgan fingerprint density at radius 3 is 2.40 bits per heavy atom. The van der Waals surface area contributed by atoms with Gasteiger partial charge in [-0.3, -0.25) is 14.4 Å². The molecular formula is C40H60N2O6. The zero-order chi connectivity index (χ0) is 34.7. The molecular weight excluding hydrogens is 604 g/mol. The van der Waals surface area contributed by atoms with Crippen LogP contribution in [-0.4, -0.2) is 52.3 Å². The van der Waals surface area contributed by atoms with Gasteiger partial charge >= 0.3 is 5.97 Å². The van der Waals surface area contributed by atoms with Gasteiger partial charge in [-0.25, -0.2) is 0 Å². The lowest BCUT2D eigenvalue weighted by Gasteiger charge is -2.45. The Bertz CT molecular complexity index is 1320. The molecule has 1 saturated carbocycles. The second kappa shape index (κ2) is 17.6. The van der Waals surface area contributed by atoms with Crippen LogP contribution in [-0.2, 0) is 25.5 Å². The van der Waals surface area contributed by atoms with E-state index >= 15 is 0 Å². The molecule has 1 aliphatic carbocycles. The maximum atomic E-state index is 14.1. The standard InChI is InChI=1S/C40H60N2O6/c1-6-7-8-9-10-11-15-19-30(24-28-17-13-12-14-18-28)38(46)42-31-21-16-20-29(25-31)33(26-34(43)44)35-32(22-23-41-35)36(45)37-39(2,3)27-47-40(4,5)48-37/h12-14,17-18,22-23,29-31,33,37,41H,6-11,15-16,19-21,24-27H2,1-5H3,(H,42,46)(H,43,44). The third kappa shape index (κ3) is 10.8. The van der Waals surface area contributed by atoms with Crippen LogP contribution in [0.25, 0.3) is 0 Å². The number of hydrogen-bond acceptors (Lipinski definition) is 5. The minimum atomic E-state index is -0.902. The number of unbranched alkanes of at least 4 members (excludes halogenated alkanes) is 6. The molecule has 48 heavy (non-hydrogen) atoms. The maximum absolute atomic E-state index is 14.1. The highest BCUT2D eigenvalue weighted by molar-refractivity contribution is 6.01. The highest BCUT2D eigenvalue weighted by atomic mass is 16.7. The number of carbonyl (C=O) groups is 3. The molecule has 2 aromatic rings. The fourth-order valence-electron chi connectivity index (χ4n) is 7.67. The van der Waals surface area contributed by atoms with Crippen LogP contribution in [0.1, 0.15) is 146 Å². The predicted molar refractivity (Wildman–Crippen MR) is 189 cm³/mol. The van der Waals surface area contributed by atoms with Gasteiger partial charge in [0.25, 0.3) is 0 Å². The minimum absolute atomic E-state index is 0.00102. The first-order valence-corrected chi connectivity index (χ1v) is 18.5. The number of nitrogens with one attached hydrogen (secondary N) is 2. The summed E-state index contributed by atoms with van der Waals surface area (Å²) in [5.41, 5.74) is 1.77. The highest BCUT2D eigenvalue weighted by Crippen LogP contribution is 2.42. The molecule has 2 heterocycles. The summed E-state index contributed by atoms with van der Waals surface area (Å²) in [5.74, 6) is -2.34. The Kier molecular flexibility index (Phi) is 13.9. The Balaban J connectivity index is 1.46. The smallest absolute Gasteiger partial charge is 0.304 e. The summed E-state index contributed by atoms with van der Waals surface area (Å²) in [4.78, 5) is 43.4. The van der Waals surface area contributed by atoms with Crippen molar-refractivity contribution in [3.8, 4) is 0 Å². The van der Waals surface area contributed by atoms with E-state index < -0.39 is 23.3 Å². The third-order valence-electron chi connectivity index (χ3n) is 10.4. The number of aromatic amines is 1. The molecule has 4 rings (SSSR count). The number of rotatable bonds is 18. The van der Waals surface area contributed by atoms with Gasteiger partial charge in [-0.15, -0.1) is 0 Å². The number of aromatic nitrogens is 1. The molecule has 1 aromatic heterocycles. The fraction of sp³-hybridized carbons (Fsp3) is 0.675. The number of H-pyrrole nitrogens is 1. The molecule has 2 fully saturated rings. The summed E-state index contributed by atoms with van der Waals surface area (Å²) in [6.45, 7) is 10.1. The maximum Gasteiger partial charge on any atom is 0.304 e. The van der Waals surface area contributed by atoms with E-state index in [1.165, 1.54) is 37.7 Å². The quantitative estimate of drug-likeness (QED) is 0.109. The molecule has 266 valence electrons. The van der Waals surface area contributed by atoms with E-state index in [9.17, 15) is 19.5 Å². The first kappa shape index (κ1) is 37.8. The molecule has 5 unspecified atom stereocenters. The number of benzene rings is 1. The second-order valence-corrected chi connectivity index (χ2v) is 15.5. The van der Waals surface area contributed by atoms with Crippen LogP contribution < -0.4 is 5.32 Å². The van der Waals surface area contributed by atoms with Gasteiger partial charge in [-0.2, -0.15) is 0 Å². The average molecular weight is 665 g/mol. The van der Waals surface area contributed by atoms with Crippen LogP contribution in [0.4, 0.5) is 0 Å². The van der Waals surface area contributed by atoms with E-state index in [2.05, 4.69) is 29.4 Å². The van der Waals surface area contributed by atoms with Gasteiger partial charge in [0.15, 0.2) is 11.6 Å². The number of carboxylic acid groups (broad SMARTS) is 1. The van der Waals surface area contributed by atoms with Crippen molar-refractivity contribution < 1.29 is 29.0 Å². The molecule has 1 aliphatic heterocycles. The lowest BCUT2D eigenvalue weighted by molar-refractivity contribution is -0.298. The van der Waals surface area contributed by atoms with Crippen LogP contribution in [0.3, 0.4) is 0 Å². The van der Waals surface area contributed by atoms with Crippen molar-refractivity contribution in [3.63, 3.8) is 0 Å². The van der Waals surface area contributed by atoms with Crippen molar-refractivity contribution in [1.29, 1.82) is 0 Å². The number of carboxylic acids is 1. The van der Waals surface area contributed by atoms with Crippen molar-refractivity contribution in [1.82, 2.24) is 10.3 Å². The topological polar surface area (TPSA) is 118 Å². The zero-order valence-electron chi connectivity index (χ0n) is 30.0. The van der Waals surface area contributed by atoms with E-state index in [1.807, 2.05) is 45.9 Å². The van der Waals surface area contributed by atoms with E-state index in [4.69, 9.17) is 9.47 Å². The SMILES string of the molecule is CCCCCCCCCC(Cc1ccccc1)C(=O)NC1CCCC(C(CC(=O)O)c2[nH]ccc2C(=O)C2OC(C)(C)OCC2(C)C)C1. The summed E-state index contributed by atoms with van der Waals surface area (Å²) >= 11 is 0. The first-order chi connectivity index (χ1) is 22.9. The number of ether oxygens (including phenoxy) is 2. The Hall–Kier alpha value is -2.97. The largest absolute Gasteiger partial charge is 0.481 e.